The maximum Gasteiger partial charge on any atom is 0.345 e. The molecule has 0 bridgehead atoms. The van der Waals surface area contributed by atoms with E-state index in [9.17, 15) is 9.59 Å². The van der Waals surface area contributed by atoms with Gasteiger partial charge in [-0.25, -0.2) is 9.48 Å². The van der Waals surface area contributed by atoms with Gasteiger partial charge >= 0.3 is 5.69 Å². The summed E-state index contributed by atoms with van der Waals surface area (Å²) in [5, 5.41) is 7.14. The first-order valence-corrected chi connectivity index (χ1v) is 8.06. The highest BCUT2D eigenvalue weighted by Gasteiger charge is 2.12. The number of rotatable bonds is 6. The van der Waals surface area contributed by atoms with Crippen molar-refractivity contribution >= 4 is 5.91 Å². The molecule has 8 nitrogen and oxygen atoms in total. The summed E-state index contributed by atoms with van der Waals surface area (Å²) >= 11 is 0. The third-order valence-corrected chi connectivity index (χ3v) is 3.94. The van der Waals surface area contributed by atoms with Gasteiger partial charge in [-0.2, -0.15) is 0 Å². The van der Waals surface area contributed by atoms with Crippen LogP contribution in [0.15, 0.2) is 53.6 Å². The van der Waals surface area contributed by atoms with Crippen molar-refractivity contribution in [2.24, 2.45) is 7.05 Å². The Balaban J connectivity index is 1.69. The fourth-order valence-corrected chi connectivity index (χ4v) is 2.51. The van der Waals surface area contributed by atoms with Gasteiger partial charge in [-0.3, -0.25) is 14.3 Å². The minimum Gasteiger partial charge on any atom is -0.497 e. The number of pyridine rings is 1. The lowest BCUT2D eigenvalue weighted by Crippen LogP contribution is -2.31. The number of hydrogen-bond donors (Lipinski definition) is 1. The normalized spacial score (nSPS) is 10.5. The number of nitrogens with one attached hydrogen (secondary N) is 1. The third-order valence-electron chi connectivity index (χ3n) is 3.94. The van der Waals surface area contributed by atoms with E-state index < -0.39 is 0 Å². The number of carbonyl (C=O) groups excluding carboxylic acids is 1. The van der Waals surface area contributed by atoms with Crippen LogP contribution in [-0.2, 0) is 13.6 Å². The Morgan fingerprint density at radius 3 is 2.50 bits per heavy atom. The van der Waals surface area contributed by atoms with Crippen molar-refractivity contribution in [2.75, 3.05) is 13.7 Å². The molecule has 3 rings (SSSR count). The van der Waals surface area contributed by atoms with Gasteiger partial charge in [0, 0.05) is 37.1 Å². The van der Waals surface area contributed by atoms with Gasteiger partial charge in [-0.1, -0.05) is 0 Å². The summed E-state index contributed by atoms with van der Waals surface area (Å²) in [6.07, 6.45) is 3.11. The summed E-state index contributed by atoms with van der Waals surface area (Å²) in [4.78, 5) is 28.2. The molecule has 2 aromatic heterocycles. The van der Waals surface area contributed by atoms with Crippen LogP contribution in [0, 0.1) is 0 Å². The average molecular weight is 353 g/mol. The fraction of sp³-hybridized carbons (Fsp3) is 0.222. The molecule has 134 valence electrons. The maximum atomic E-state index is 12.3. The van der Waals surface area contributed by atoms with E-state index in [1.807, 2.05) is 24.3 Å². The number of amides is 1. The molecule has 0 aliphatic heterocycles. The predicted octanol–water partition coefficient (Wildman–Crippen LogP) is 1.08. The van der Waals surface area contributed by atoms with Crippen molar-refractivity contribution in [3.8, 4) is 17.1 Å². The van der Waals surface area contributed by atoms with E-state index in [4.69, 9.17) is 4.74 Å². The molecule has 3 aromatic rings. The van der Waals surface area contributed by atoms with E-state index in [0.29, 0.717) is 17.9 Å². The van der Waals surface area contributed by atoms with Crippen molar-refractivity contribution in [3.05, 3.63) is 64.8 Å². The number of hydrogen-bond acceptors (Lipinski definition) is 5. The van der Waals surface area contributed by atoms with Gasteiger partial charge in [-0.05, 0) is 36.4 Å². The van der Waals surface area contributed by atoms with Crippen molar-refractivity contribution in [1.82, 2.24) is 24.6 Å². The zero-order valence-corrected chi connectivity index (χ0v) is 14.5. The monoisotopic (exact) mass is 353 g/mol. The Hall–Kier alpha value is -3.42. The third kappa shape index (κ3) is 3.64. The first kappa shape index (κ1) is 17.4. The number of nitrogens with zero attached hydrogens (tertiary/aromatic N) is 4. The lowest BCUT2D eigenvalue weighted by molar-refractivity contribution is 0.0951. The number of benzene rings is 1. The second-order valence-electron chi connectivity index (χ2n) is 5.61. The van der Waals surface area contributed by atoms with Crippen LogP contribution >= 0.6 is 0 Å². The minimum atomic E-state index is -0.242. The van der Waals surface area contributed by atoms with Crippen LogP contribution in [0.2, 0.25) is 0 Å². The van der Waals surface area contributed by atoms with E-state index in [1.165, 1.54) is 9.25 Å². The Kier molecular flexibility index (Phi) is 5.12. The summed E-state index contributed by atoms with van der Waals surface area (Å²) in [5.41, 5.74) is 1.09. The molecule has 8 heteroatoms. The molecule has 0 unspecified atom stereocenters. The van der Waals surface area contributed by atoms with E-state index in [1.54, 1.807) is 38.7 Å². The number of methoxy groups -OCH3 is 1. The van der Waals surface area contributed by atoms with Crippen LogP contribution in [-0.4, -0.2) is 38.9 Å². The lowest BCUT2D eigenvalue weighted by atomic mass is 10.2. The molecule has 0 saturated carbocycles. The minimum absolute atomic E-state index is 0.216. The van der Waals surface area contributed by atoms with Gasteiger partial charge < -0.3 is 10.1 Å². The van der Waals surface area contributed by atoms with Gasteiger partial charge in [0.1, 0.15) is 5.75 Å². The lowest BCUT2D eigenvalue weighted by Gasteiger charge is -2.04. The number of ether oxygens (including phenoxy) is 1. The maximum absolute atomic E-state index is 12.3. The Labute approximate surface area is 150 Å². The highest BCUT2D eigenvalue weighted by Crippen LogP contribution is 2.19. The van der Waals surface area contributed by atoms with Gasteiger partial charge in [0.05, 0.1) is 13.7 Å². The topological polar surface area (TPSA) is 91.0 Å². The van der Waals surface area contributed by atoms with Crippen LogP contribution in [0.25, 0.3) is 11.4 Å². The fourth-order valence-electron chi connectivity index (χ4n) is 2.51. The molecule has 0 saturated heterocycles. The van der Waals surface area contributed by atoms with Gasteiger partial charge in [0.25, 0.3) is 5.91 Å². The van der Waals surface area contributed by atoms with Gasteiger partial charge in [-0.15, -0.1) is 5.10 Å². The van der Waals surface area contributed by atoms with Crippen molar-refractivity contribution in [1.29, 1.82) is 0 Å². The van der Waals surface area contributed by atoms with E-state index in [-0.39, 0.29) is 18.1 Å². The quantitative estimate of drug-likeness (QED) is 0.716. The van der Waals surface area contributed by atoms with Crippen molar-refractivity contribution in [3.63, 3.8) is 0 Å². The van der Waals surface area contributed by atoms with Gasteiger partial charge in [0.2, 0.25) is 0 Å². The molecular formula is C18H19N5O3. The SMILES string of the molecule is COc1ccc(-c2nn(CCNC(=O)c3ccncc3)c(=O)n2C)cc1. The standard InChI is InChI=1S/C18H19N5O3/c1-22-16(13-3-5-15(26-2)6-4-13)21-23(18(22)25)12-11-20-17(24)14-7-9-19-10-8-14/h3-10H,11-12H2,1-2H3,(H,20,24). The molecule has 0 aliphatic rings. The molecule has 0 spiro atoms. The largest absolute Gasteiger partial charge is 0.497 e. The number of carbonyl (C=O) groups is 1. The van der Waals surface area contributed by atoms with Crippen molar-refractivity contribution in [2.45, 2.75) is 6.54 Å². The first-order chi connectivity index (χ1) is 12.6. The molecule has 0 radical (unpaired) electrons. The molecule has 1 aromatic carbocycles. The van der Waals surface area contributed by atoms with Crippen LogP contribution in [0.1, 0.15) is 10.4 Å². The second-order valence-corrected chi connectivity index (χ2v) is 5.61. The van der Waals surface area contributed by atoms with Crippen LogP contribution < -0.4 is 15.7 Å². The van der Waals surface area contributed by atoms with Crippen molar-refractivity contribution < 1.29 is 9.53 Å². The molecule has 0 fully saturated rings. The van der Waals surface area contributed by atoms with E-state index in [0.717, 1.165) is 11.3 Å². The van der Waals surface area contributed by atoms with E-state index in [2.05, 4.69) is 15.4 Å². The summed E-state index contributed by atoms with van der Waals surface area (Å²) in [5.74, 6) is 1.07. The zero-order valence-electron chi connectivity index (χ0n) is 14.5. The highest BCUT2D eigenvalue weighted by molar-refractivity contribution is 5.93. The predicted molar refractivity (Wildman–Crippen MR) is 96.0 cm³/mol. The Morgan fingerprint density at radius 1 is 1.15 bits per heavy atom. The molecule has 1 N–H and O–H groups in total. The average Bonchev–Trinajstić information content (AvgIpc) is 2.97. The molecule has 0 atom stereocenters. The zero-order chi connectivity index (χ0) is 18.5. The second kappa shape index (κ2) is 7.64. The molecule has 26 heavy (non-hydrogen) atoms. The molecule has 1 amide bonds. The summed E-state index contributed by atoms with van der Waals surface area (Å²) in [6.45, 7) is 0.569. The summed E-state index contributed by atoms with van der Waals surface area (Å²) < 4.78 is 7.96. The molecule has 2 heterocycles. The number of aromatic nitrogens is 4. The smallest absolute Gasteiger partial charge is 0.345 e. The van der Waals surface area contributed by atoms with E-state index >= 15 is 0 Å². The van der Waals surface area contributed by atoms with Gasteiger partial charge in [0.15, 0.2) is 5.82 Å². The van der Waals surface area contributed by atoms with Crippen LogP contribution in [0.4, 0.5) is 0 Å². The molecular weight excluding hydrogens is 334 g/mol. The first-order valence-electron chi connectivity index (χ1n) is 8.06. The Morgan fingerprint density at radius 2 is 1.85 bits per heavy atom. The summed E-state index contributed by atoms with van der Waals surface area (Å²) in [7, 11) is 3.26. The molecule has 0 aliphatic carbocycles. The van der Waals surface area contributed by atoms with Crippen LogP contribution in [0.5, 0.6) is 5.75 Å². The van der Waals surface area contributed by atoms with Crippen LogP contribution in [0.3, 0.4) is 0 Å². The Bertz CT molecular complexity index is 945. The highest BCUT2D eigenvalue weighted by atomic mass is 16.5. The summed E-state index contributed by atoms with van der Waals surface area (Å²) in [6, 6.07) is 10.6.